The number of hydrogen-bond acceptors (Lipinski definition) is 2. The van der Waals surface area contributed by atoms with Crippen LogP contribution in [0.3, 0.4) is 0 Å². The van der Waals surface area contributed by atoms with Crippen LogP contribution in [0.2, 0.25) is 0 Å². The lowest BCUT2D eigenvalue weighted by atomic mass is 9.85. The molecule has 1 aliphatic rings. The lowest BCUT2D eigenvalue weighted by Crippen LogP contribution is -2.33. The average molecular weight is 295 g/mol. The van der Waals surface area contributed by atoms with E-state index in [1.807, 2.05) is 0 Å². The van der Waals surface area contributed by atoms with Crippen molar-refractivity contribution >= 4 is 27.7 Å². The van der Waals surface area contributed by atoms with Crippen molar-refractivity contribution in [3.63, 3.8) is 0 Å². The molecule has 0 aromatic rings. The molecule has 0 saturated carbocycles. The number of halogens is 1. The molecule has 0 aromatic carbocycles. The highest BCUT2D eigenvalue weighted by Gasteiger charge is 2.31. The summed E-state index contributed by atoms with van der Waals surface area (Å²) in [5, 5.41) is 1.14. The van der Waals surface area contributed by atoms with Crippen LogP contribution in [0.5, 0.6) is 0 Å². The Kier molecular flexibility index (Phi) is 6.63. The third-order valence-corrected chi connectivity index (χ3v) is 5.62. The lowest BCUT2D eigenvalue weighted by molar-refractivity contribution is 0.0374. The van der Waals surface area contributed by atoms with Crippen molar-refractivity contribution in [3.05, 3.63) is 0 Å². The van der Waals surface area contributed by atoms with Crippen LogP contribution >= 0.6 is 27.7 Å². The van der Waals surface area contributed by atoms with Crippen molar-refractivity contribution < 1.29 is 4.74 Å². The molecule has 0 radical (unpaired) electrons. The van der Waals surface area contributed by atoms with Gasteiger partial charge in [0.2, 0.25) is 0 Å². The van der Waals surface area contributed by atoms with E-state index in [1.54, 1.807) is 0 Å². The van der Waals surface area contributed by atoms with Crippen LogP contribution in [0, 0.1) is 11.3 Å². The Morgan fingerprint density at radius 2 is 2.00 bits per heavy atom. The van der Waals surface area contributed by atoms with Gasteiger partial charge in [-0.3, -0.25) is 0 Å². The molecule has 0 bridgehead atoms. The molecule has 1 nitrogen and oxygen atoms in total. The summed E-state index contributed by atoms with van der Waals surface area (Å²) in [4.78, 5) is 0. The quantitative estimate of drug-likeness (QED) is 0.542. The number of hydrogen-bond donors (Lipinski definition) is 0. The highest BCUT2D eigenvalue weighted by Crippen LogP contribution is 2.36. The predicted molar refractivity (Wildman–Crippen MR) is 73.1 cm³/mol. The SMILES string of the molecule is CC(C)CCSCC1(CBr)CCOCC1. The Morgan fingerprint density at radius 3 is 2.53 bits per heavy atom. The standard InChI is InChI=1S/C12H23BrOS/c1-11(2)3-8-15-10-12(9-13)4-6-14-7-5-12/h11H,3-10H2,1-2H3. The van der Waals surface area contributed by atoms with E-state index in [9.17, 15) is 0 Å². The topological polar surface area (TPSA) is 9.23 Å². The van der Waals surface area contributed by atoms with Crippen LogP contribution in [-0.4, -0.2) is 30.0 Å². The first kappa shape index (κ1) is 13.9. The Labute approximate surface area is 107 Å². The maximum Gasteiger partial charge on any atom is 0.0471 e. The zero-order valence-corrected chi connectivity index (χ0v) is 12.3. The number of ether oxygens (including phenoxy) is 1. The van der Waals surface area contributed by atoms with E-state index in [2.05, 4.69) is 41.5 Å². The van der Waals surface area contributed by atoms with Crippen LogP contribution in [-0.2, 0) is 4.74 Å². The molecule has 1 rings (SSSR count). The minimum atomic E-state index is 0.514. The molecule has 15 heavy (non-hydrogen) atoms. The van der Waals surface area contributed by atoms with Gasteiger partial charge in [-0.2, -0.15) is 11.8 Å². The minimum absolute atomic E-state index is 0.514. The lowest BCUT2D eigenvalue weighted by Gasteiger charge is -2.35. The van der Waals surface area contributed by atoms with Crippen LogP contribution < -0.4 is 0 Å². The van der Waals surface area contributed by atoms with Gasteiger partial charge in [0.1, 0.15) is 0 Å². The molecule has 1 heterocycles. The second-order valence-corrected chi connectivity index (χ2v) is 6.65. The van der Waals surface area contributed by atoms with E-state index in [0.717, 1.165) is 24.5 Å². The van der Waals surface area contributed by atoms with E-state index >= 15 is 0 Å². The van der Waals surface area contributed by atoms with Crippen molar-refractivity contribution in [3.8, 4) is 0 Å². The zero-order chi connectivity index (χ0) is 11.1. The second-order valence-electron chi connectivity index (χ2n) is 4.98. The van der Waals surface area contributed by atoms with Gasteiger partial charge in [-0.05, 0) is 42.1 Å². The minimum Gasteiger partial charge on any atom is -0.381 e. The number of rotatable bonds is 6. The summed E-state index contributed by atoms with van der Waals surface area (Å²) in [5.74, 6) is 3.45. The van der Waals surface area contributed by atoms with E-state index in [-0.39, 0.29) is 0 Å². The Morgan fingerprint density at radius 1 is 1.33 bits per heavy atom. The first-order chi connectivity index (χ1) is 7.18. The van der Waals surface area contributed by atoms with Gasteiger partial charge in [0.15, 0.2) is 0 Å². The highest BCUT2D eigenvalue weighted by molar-refractivity contribution is 9.09. The fourth-order valence-electron chi connectivity index (χ4n) is 1.73. The predicted octanol–water partition coefficient (Wildman–Crippen LogP) is 3.96. The molecule has 0 aliphatic carbocycles. The third kappa shape index (κ3) is 5.10. The molecule has 1 fully saturated rings. The molecule has 0 N–H and O–H groups in total. The molecule has 0 aromatic heterocycles. The van der Waals surface area contributed by atoms with Gasteiger partial charge in [0.05, 0.1) is 0 Å². The second kappa shape index (κ2) is 7.18. The maximum atomic E-state index is 5.44. The van der Waals surface area contributed by atoms with Gasteiger partial charge < -0.3 is 4.74 Å². The maximum absolute atomic E-state index is 5.44. The molecule has 0 amide bonds. The Hall–Kier alpha value is 0.790. The fraction of sp³-hybridized carbons (Fsp3) is 1.00. The van der Waals surface area contributed by atoms with Gasteiger partial charge in [-0.15, -0.1) is 0 Å². The largest absolute Gasteiger partial charge is 0.381 e. The monoisotopic (exact) mass is 294 g/mol. The Bertz CT molecular complexity index is 167. The van der Waals surface area contributed by atoms with E-state index < -0.39 is 0 Å². The summed E-state index contributed by atoms with van der Waals surface area (Å²) in [7, 11) is 0. The molecule has 1 saturated heterocycles. The van der Waals surface area contributed by atoms with E-state index in [4.69, 9.17) is 4.74 Å². The summed E-state index contributed by atoms with van der Waals surface area (Å²) in [5.41, 5.74) is 0.514. The van der Waals surface area contributed by atoms with Crippen LogP contribution in [0.4, 0.5) is 0 Å². The number of thioether (sulfide) groups is 1. The van der Waals surface area contributed by atoms with Gasteiger partial charge in [0, 0.05) is 18.5 Å². The van der Waals surface area contributed by atoms with Crippen molar-refractivity contribution in [1.82, 2.24) is 0 Å². The first-order valence-corrected chi connectivity index (χ1v) is 8.18. The molecule has 0 spiro atoms. The molecule has 0 unspecified atom stereocenters. The van der Waals surface area contributed by atoms with E-state index in [0.29, 0.717) is 5.41 Å². The number of alkyl halides is 1. The smallest absolute Gasteiger partial charge is 0.0471 e. The molecule has 3 heteroatoms. The molecule has 90 valence electrons. The summed E-state index contributed by atoms with van der Waals surface area (Å²) < 4.78 is 5.44. The molecule has 1 aliphatic heterocycles. The summed E-state index contributed by atoms with van der Waals surface area (Å²) in [6, 6.07) is 0. The van der Waals surface area contributed by atoms with Gasteiger partial charge in [-0.1, -0.05) is 29.8 Å². The summed E-state index contributed by atoms with van der Waals surface area (Å²) >= 11 is 5.81. The van der Waals surface area contributed by atoms with Crippen LogP contribution in [0.25, 0.3) is 0 Å². The average Bonchev–Trinajstić information content (AvgIpc) is 2.26. The van der Waals surface area contributed by atoms with Crippen molar-refractivity contribution in [2.75, 3.05) is 30.0 Å². The van der Waals surface area contributed by atoms with Crippen LogP contribution in [0.1, 0.15) is 33.1 Å². The summed E-state index contributed by atoms with van der Waals surface area (Å²) in [6.45, 7) is 6.51. The van der Waals surface area contributed by atoms with Crippen LogP contribution in [0.15, 0.2) is 0 Å². The summed E-state index contributed by atoms with van der Waals surface area (Å²) in [6.07, 6.45) is 3.80. The van der Waals surface area contributed by atoms with Gasteiger partial charge in [-0.25, -0.2) is 0 Å². The highest BCUT2D eigenvalue weighted by atomic mass is 79.9. The fourth-order valence-corrected chi connectivity index (χ4v) is 4.36. The zero-order valence-electron chi connectivity index (χ0n) is 9.93. The molecule has 0 atom stereocenters. The Balaban J connectivity index is 2.20. The van der Waals surface area contributed by atoms with Crippen molar-refractivity contribution in [2.24, 2.45) is 11.3 Å². The van der Waals surface area contributed by atoms with E-state index in [1.165, 1.54) is 30.8 Å². The first-order valence-electron chi connectivity index (χ1n) is 5.90. The van der Waals surface area contributed by atoms with Crippen molar-refractivity contribution in [2.45, 2.75) is 33.1 Å². The molecular weight excluding hydrogens is 272 g/mol. The van der Waals surface area contributed by atoms with Gasteiger partial charge in [0.25, 0.3) is 0 Å². The molecular formula is C12H23BrOS. The van der Waals surface area contributed by atoms with Crippen molar-refractivity contribution in [1.29, 1.82) is 0 Å². The normalized spacial score (nSPS) is 20.8. The third-order valence-electron chi connectivity index (χ3n) is 3.08. The van der Waals surface area contributed by atoms with Gasteiger partial charge >= 0.3 is 0 Å².